The molecule has 1 aliphatic rings. The molecule has 2 aromatic carbocycles. The number of phenols is 1. The summed E-state index contributed by atoms with van der Waals surface area (Å²) in [6.07, 6.45) is -3.17. The topological polar surface area (TPSA) is 58.6 Å². The minimum absolute atomic E-state index is 0.202. The van der Waals surface area contributed by atoms with Gasteiger partial charge in [0, 0.05) is 11.1 Å². The number of thiocarbonyl (C=S) groups is 1. The zero-order valence-corrected chi connectivity index (χ0v) is 16.4. The third kappa shape index (κ3) is 4.11. The van der Waals surface area contributed by atoms with Crippen LogP contribution in [-0.4, -0.2) is 22.4 Å². The van der Waals surface area contributed by atoms with Crippen molar-refractivity contribution in [1.29, 1.82) is 0 Å². The Balaban J connectivity index is 2.12. The van der Waals surface area contributed by atoms with Crippen LogP contribution in [0.5, 0.6) is 11.5 Å². The van der Waals surface area contributed by atoms with Crippen molar-refractivity contribution in [3.63, 3.8) is 0 Å². The van der Waals surface area contributed by atoms with Crippen molar-refractivity contribution >= 4 is 51.9 Å². The molecule has 1 fully saturated rings. The summed E-state index contributed by atoms with van der Waals surface area (Å²) in [6.45, 7) is 0. The number of carbonyl (C=O) groups excluding carboxylic acids is 1. The SMILES string of the molecule is COc1cc(C=C2SC(=S)NC2=O)c(O)c(-c2ccc(C(F)(F)F)c(Cl)c2)c1. The van der Waals surface area contributed by atoms with Gasteiger partial charge >= 0.3 is 6.18 Å². The van der Waals surface area contributed by atoms with Gasteiger partial charge in [-0.05, 0) is 35.9 Å². The molecule has 0 aliphatic carbocycles. The summed E-state index contributed by atoms with van der Waals surface area (Å²) in [6, 6.07) is 6.11. The molecule has 0 atom stereocenters. The number of hydrogen-bond acceptors (Lipinski definition) is 5. The van der Waals surface area contributed by atoms with E-state index >= 15 is 0 Å². The lowest BCUT2D eigenvalue weighted by Gasteiger charge is -2.14. The summed E-state index contributed by atoms with van der Waals surface area (Å²) in [5.74, 6) is -0.312. The smallest absolute Gasteiger partial charge is 0.417 e. The highest BCUT2D eigenvalue weighted by molar-refractivity contribution is 8.26. The molecule has 10 heteroatoms. The number of hydrogen-bond donors (Lipinski definition) is 2. The minimum Gasteiger partial charge on any atom is -0.507 e. The fourth-order valence-corrected chi connectivity index (χ4v) is 3.87. The molecular weight excluding hydrogens is 435 g/mol. The maximum atomic E-state index is 12.9. The van der Waals surface area contributed by atoms with Crippen molar-refractivity contribution in [3.05, 3.63) is 51.4 Å². The number of phenolic OH excluding ortho intramolecular Hbond substituents is 1. The Kier molecular flexibility index (Phi) is 5.60. The lowest BCUT2D eigenvalue weighted by molar-refractivity contribution is -0.137. The molecule has 0 aromatic heterocycles. The lowest BCUT2D eigenvalue weighted by Crippen LogP contribution is -2.17. The number of methoxy groups -OCH3 is 1. The number of carbonyl (C=O) groups is 1. The fourth-order valence-electron chi connectivity index (χ4n) is 2.55. The number of nitrogens with one attached hydrogen (secondary N) is 1. The second kappa shape index (κ2) is 7.65. The summed E-state index contributed by atoms with van der Waals surface area (Å²) in [5, 5.41) is 12.6. The fraction of sp³-hybridized carbons (Fsp3) is 0.111. The van der Waals surface area contributed by atoms with Crippen molar-refractivity contribution in [1.82, 2.24) is 5.32 Å². The van der Waals surface area contributed by atoms with Crippen molar-refractivity contribution < 1.29 is 27.8 Å². The van der Waals surface area contributed by atoms with Gasteiger partial charge in [0.05, 0.1) is 22.6 Å². The number of amides is 1. The molecule has 1 heterocycles. The number of aromatic hydroxyl groups is 1. The van der Waals surface area contributed by atoms with Gasteiger partial charge in [-0.3, -0.25) is 4.79 Å². The molecule has 0 unspecified atom stereocenters. The molecular formula is C18H11ClF3NO3S2. The van der Waals surface area contributed by atoms with Crippen LogP contribution in [0.15, 0.2) is 35.2 Å². The quantitative estimate of drug-likeness (QED) is 0.500. The summed E-state index contributed by atoms with van der Waals surface area (Å²) >= 11 is 11.7. The van der Waals surface area contributed by atoms with Gasteiger partial charge in [0.15, 0.2) is 0 Å². The van der Waals surface area contributed by atoms with E-state index in [0.717, 1.165) is 23.9 Å². The van der Waals surface area contributed by atoms with Crippen LogP contribution in [0.1, 0.15) is 11.1 Å². The van der Waals surface area contributed by atoms with Gasteiger partial charge in [-0.2, -0.15) is 13.2 Å². The zero-order valence-electron chi connectivity index (χ0n) is 14.1. The first-order chi connectivity index (χ1) is 13.1. The third-order valence-electron chi connectivity index (χ3n) is 3.86. The predicted molar refractivity (Wildman–Crippen MR) is 106 cm³/mol. The highest BCUT2D eigenvalue weighted by Gasteiger charge is 2.33. The second-order valence-electron chi connectivity index (χ2n) is 5.66. The first-order valence-corrected chi connectivity index (χ1v) is 9.23. The van der Waals surface area contributed by atoms with Gasteiger partial charge < -0.3 is 15.2 Å². The van der Waals surface area contributed by atoms with Gasteiger partial charge in [0.1, 0.15) is 15.8 Å². The Bertz CT molecular complexity index is 1020. The third-order valence-corrected chi connectivity index (χ3v) is 5.34. The number of alkyl halides is 3. The molecule has 0 saturated carbocycles. The molecule has 0 bridgehead atoms. The van der Waals surface area contributed by atoms with E-state index in [9.17, 15) is 23.1 Å². The molecule has 146 valence electrons. The number of rotatable bonds is 3. The first-order valence-electron chi connectivity index (χ1n) is 7.63. The Morgan fingerprint density at radius 2 is 2.00 bits per heavy atom. The van der Waals surface area contributed by atoms with E-state index in [1.165, 1.54) is 31.4 Å². The summed E-state index contributed by atoms with van der Waals surface area (Å²) < 4.78 is 44.3. The maximum Gasteiger partial charge on any atom is 0.417 e. The Morgan fingerprint density at radius 3 is 2.54 bits per heavy atom. The number of thioether (sulfide) groups is 1. The average Bonchev–Trinajstić information content (AvgIpc) is 2.92. The van der Waals surface area contributed by atoms with E-state index in [4.69, 9.17) is 28.6 Å². The highest BCUT2D eigenvalue weighted by atomic mass is 35.5. The van der Waals surface area contributed by atoms with E-state index in [2.05, 4.69) is 5.32 Å². The van der Waals surface area contributed by atoms with Crippen LogP contribution in [0.2, 0.25) is 5.02 Å². The van der Waals surface area contributed by atoms with Crippen LogP contribution in [-0.2, 0) is 11.0 Å². The standard InChI is InChI=1S/C18H11ClF3NO3S2/c1-26-10-4-9(6-14-16(25)23-17(27)28-14)15(24)11(7-10)8-2-3-12(13(19)5-8)18(20,21)22/h2-7,24H,1H3,(H,23,25,27). The van der Waals surface area contributed by atoms with Crippen LogP contribution in [0.25, 0.3) is 17.2 Å². The van der Waals surface area contributed by atoms with E-state index in [0.29, 0.717) is 5.75 Å². The van der Waals surface area contributed by atoms with Crippen LogP contribution in [0, 0.1) is 0 Å². The second-order valence-corrected chi connectivity index (χ2v) is 7.78. The van der Waals surface area contributed by atoms with Crippen LogP contribution < -0.4 is 10.1 Å². The van der Waals surface area contributed by atoms with Crippen molar-refractivity contribution in [3.8, 4) is 22.6 Å². The number of halogens is 4. The van der Waals surface area contributed by atoms with Crippen molar-refractivity contribution in [2.75, 3.05) is 7.11 Å². The summed E-state index contributed by atoms with van der Waals surface area (Å²) in [7, 11) is 1.40. The number of benzene rings is 2. The molecule has 0 spiro atoms. The molecule has 1 saturated heterocycles. The molecule has 28 heavy (non-hydrogen) atoms. The van der Waals surface area contributed by atoms with Crippen molar-refractivity contribution in [2.45, 2.75) is 6.18 Å². The van der Waals surface area contributed by atoms with E-state index < -0.39 is 22.7 Å². The normalized spacial score (nSPS) is 15.8. The molecule has 0 radical (unpaired) electrons. The predicted octanol–water partition coefficient (Wildman–Crippen LogP) is 5.23. The van der Waals surface area contributed by atoms with Gasteiger partial charge in [0.2, 0.25) is 0 Å². The van der Waals surface area contributed by atoms with E-state index in [-0.39, 0.29) is 31.7 Å². The monoisotopic (exact) mass is 445 g/mol. The van der Waals surface area contributed by atoms with Crippen LogP contribution in [0.3, 0.4) is 0 Å². The Hall–Kier alpha value is -2.23. The van der Waals surface area contributed by atoms with E-state index in [1.54, 1.807) is 0 Å². The zero-order chi connectivity index (χ0) is 20.6. The molecule has 1 amide bonds. The molecule has 1 aliphatic heterocycles. The minimum atomic E-state index is -4.59. The van der Waals surface area contributed by atoms with Crippen molar-refractivity contribution in [2.24, 2.45) is 0 Å². The van der Waals surface area contributed by atoms with Gasteiger partial charge in [-0.1, -0.05) is 41.6 Å². The van der Waals surface area contributed by atoms with Gasteiger partial charge in [-0.15, -0.1) is 0 Å². The molecule has 2 aromatic rings. The average molecular weight is 446 g/mol. The Labute approximate surface area is 172 Å². The summed E-state index contributed by atoms with van der Waals surface area (Å²) in [4.78, 5) is 12.1. The summed E-state index contributed by atoms with van der Waals surface area (Å²) in [5.41, 5.74) is -0.274. The first kappa shape index (κ1) is 20.5. The maximum absolute atomic E-state index is 12.9. The Morgan fingerprint density at radius 1 is 1.29 bits per heavy atom. The molecule has 3 rings (SSSR count). The molecule has 4 nitrogen and oxygen atoms in total. The lowest BCUT2D eigenvalue weighted by atomic mass is 9.99. The molecule has 2 N–H and O–H groups in total. The van der Waals surface area contributed by atoms with Crippen LogP contribution in [0.4, 0.5) is 13.2 Å². The number of ether oxygens (including phenoxy) is 1. The van der Waals surface area contributed by atoms with Gasteiger partial charge in [0.25, 0.3) is 5.91 Å². The highest BCUT2D eigenvalue weighted by Crippen LogP contribution is 2.42. The van der Waals surface area contributed by atoms with E-state index in [1.807, 2.05) is 0 Å². The largest absolute Gasteiger partial charge is 0.507 e. The van der Waals surface area contributed by atoms with Gasteiger partial charge in [-0.25, -0.2) is 0 Å². The van der Waals surface area contributed by atoms with Crippen LogP contribution >= 0.6 is 35.6 Å².